The average Bonchev–Trinajstić information content (AvgIpc) is 2.76. The number of para-hydroxylation sites is 1. The van der Waals surface area contributed by atoms with Crippen LogP contribution in [0.5, 0.6) is 0 Å². The van der Waals surface area contributed by atoms with Crippen molar-refractivity contribution in [3.05, 3.63) is 64.2 Å². The van der Waals surface area contributed by atoms with E-state index in [-0.39, 0.29) is 11.7 Å². The number of benzene rings is 2. The largest absolute Gasteiger partial charge is 0.444 e. The Bertz CT molecular complexity index is 1160. The summed E-state index contributed by atoms with van der Waals surface area (Å²) in [6.45, 7) is 18.6. The third-order valence-corrected chi connectivity index (χ3v) is 6.45. The number of hydrogen-bond donors (Lipinski definition) is 3. The first kappa shape index (κ1) is 31.2. The Labute approximate surface area is 233 Å². The van der Waals surface area contributed by atoms with Crippen molar-refractivity contribution in [3.63, 3.8) is 0 Å². The first-order valence-electron chi connectivity index (χ1n) is 12.8. The molecule has 0 heterocycles. The van der Waals surface area contributed by atoms with Crippen molar-refractivity contribution in [2.45, 2.75) is 92.5 Å². The lowest BCUT2D eigenvalue weighted by molar-refractivity contribution is -0.146. The van der Waals surface area contributed by atoms with E-state index in [4.69, 9.17) is 4.74 Å². The topological polar surface area (TPSA) is 87.7 Å². The van der Waals surface area contributed by atoms with Gasteiger partial charge in [0.05, 0.1) is 0 Å². The molecule has 0 fully saturated rings. The van der Waals surface area contributed by atoms with Gasteiger partial charge >= 0.3 is 6.09 Å². The summed E-state index contributed by atoms with van der Waals surface area (Å²) in [5.74, 6) is -0.740. The van der Waals surface area contributed by atoms with Crippen LogP contribution >= 0.6 is 12.6 Å². The molecule has 2 aromatic rings. The van der Waals surface area contributed by atoms with E-state index in [0.717, 1.165) is 22.3 Å². The molecule has 38 heavy (non-hydrogen) atoms. The molecule has 0 bridgehead atoms. The Balaban J connectivity index is 2.63. The monoisotopic (exact) mass is 541 g/mol. The van der Waals surface area contributed by atoms with E-state index in [9.17, 15) is 14.4 Å². The standard InChI is InChI=1S/C30H43N3O4S/c1-18-14-15-22(21(4)16-18)25(26(34)32-24-19(2)12-11-13-20(24)3)33(29(5,6)7)27(35)23(17-38)31-28(36)37-30(8,9)10/h11-16,23,25,38H,17H2,1-10H3,(H,31,36)(H,32,34). The predicted molar refractivity (Wildman–Crippen MR) is 157 cm³/mol. The molecule has 0 aliphatic carbocycles. The molecule has 3 amide bonds. The number of ether oxygens (including phenoxy) is 1. The summed E-state index contributed by atoms with van der Waals surface area (Å²) in [7, 11) is 0. The zero-order chi connectivity index (χ0) is 29.0. The van der Waals surface area contributed by atoms with Crippen LogP contribution in [0.1, 0.15) is 75.4 Å². The minimum atomic E-state index is -1.01. The van der Waals surface area contributed by atoms with E-state index in [2.05, 4.69) is 23.3 Å². The van der Waals surface area contributed by atoms with Crippen LogP contribution in [0.15, 0.2) is 36.4 Å². The van der Waals surface area contributed by atoms with Crippen molar-refractivity contribution >= 4 is 36.2 Å². The molecule has 0 saturated heterocycles. The van der Waals surface area contributed by atoms with Crippen LogP contribution in [-0.2, 0) is 14.3 Å². The molecule has 0 aliphatic rings. The molecular weight excluding hydrogens is 498 g/mol. The van der Waals surface area contributed by atoms with E-state index < -0.39 is 35.2 Å². The molecule has 0 aliphatic heterocycles. The van der Waals surface area contributed by atoms with Crippen LogP contribution in [0, 0.1) is 27.7 Å². The van der Waals surface area contributed by atoms with Crippen molar-refractivity contribution < 1.29 is 19.1 Å². The molecule has 2 aromatic carbocycles. The number of carbonyl (C=O) groups excluding carboxylic acids is 3. The SMILES string of the molecule is Cc1ccc(C(C(=O)Nc2c(C)cccc2C)N(C(=O)C(CS)NC(=O)OC(C)(C)C)C(C)(C)C)c(C)c1. The van der Waals surface area contributed by atoms with Gasteiger partial charge in [0.25, 0.3) is 5.91 Å². The van der Waals surface area contributed by atoms with Gasteiger partial charge in [0, 0.05) is 17.0 Å². The highest BCUT2D eigenvalue weighted by Gasteiger charge is 2.42. The molecule has 2 atom stereocenters. The number of thiol groups is 1. The first-order valence-corrected chi connectivity index (χ1v) is 13.5. The van der Waals surface area contributed by atoms with E-state index in [1.54, 1.807) is 25.7 Å². The molecule has 0 aromatic heterocycles. The number of carbonyl (C=O) groups is 3. The van der Waals surface area contributed by atoms with E-state index in [1.165, 1.54) is 0 Å². The van der Waals surface area contributed by atoms with Crippen LogP contribution in [0.2, 0.25) is 0 Å². The fourth-order valence-electron chi connectivity index (χ4n) is 4.38. The van der Waals surface area contributed by atoms with Gasteiger partial charge in [-0.2, -0.15) is 12.6 Å². The molecule has 208 valence electrons. The molecule has 0 radical (unpaired) electrons. The number of rotatable bonds is 7. The van der Waals surface area contributed by atoms with Crippen LogP contribution in [0.4, 0.5) is 10.5 Å². The fraction of sp³-hybridized carbons (Fsp3) is 0.500. The van der Waals surface area contributed by atoms with Gasteiger partial charge in [0.2, 0.25) is 5.91 Å². The van der Waals surface area contributed by atoms with Gasteiger partial charge in [-0.05, 0) is 91.5 Å². The van der Waals surface area contributed by atoms with E-state index >= 15 is 0 Å². The van der Waals surface area contributed by atoms with Gasteiger partial charge in [-0.1, -0.05) is 42.0 Å². The Morgan fingerprint density at radius 1 is 0.921 bits per heavy atom. The molecule has 2 unspecified atom stereocenters. The number of aryl methyl sites for hydroxylation is 4. The maximum atomic E-state index is 14.1. The third kappa shape index (κ3) is 8.00. The third-order valence-electron chi connectivity index (χ3n) is 6.09. The lowest BCUT2D eigenvalue weighted by Crippen LogP contribution is -2.58. The zero-order valence-electron chi connectivity index (χ0n) is 24.4. The normalized spacial score (nSPS) is 13.3. The van der Waals surface area contributed by atoms with Crippen LogP contribution < -0.4 is 10.6 Å². The van der Waals surface area contributed by atoms with Gasteiger partial charge in [0.15, 0.2) is 0 Å². The first-order chi connectivity index (χ1) is 17.5. The Hall–Kier alpha value is -3.00. The van der Waals surface area contributed by atoms with Crippen molar-refractivity contribution in [1.29, 1.82) is 0 Å². The summed E-state index contributed by atoms with van der Waals surface area (Å²) in [6.07, 6.45) is -0.721. The Morgan fingerprint density at radius 2 is 1.50 bits per heavy atom. The summed E-state index contributed by atoms with van der Waals surface area (Å²) >= 11 is 4.36. The quantitative estimate of drug-likeness (QED) is 0.373. The van der Waals surface area contributed by atoms with Crippen molar-refractivity contribution in [2.75, 3.05) is 11.1 Å². The average molecular weight is 542 g/mol. The van der Waals surface area contributed by atoms with Crippen molar-refractivity contribution in [3.8, 4) is 0 Å². The summed E-state index contributed by atoms with van der Waals surface area (Å²) in [4.78, 5) is 42.4. The maximum absolute atomic E-state index is 14.1. The summed E-state index contributed by atoms with van der Waals surface area (Å²) in [6, 6.07) is 9.65. The van der Waals surface area contributed by atoms with Gasteiger partial charge in [-0.25, -0.2) is 4.79 Å². The minimum Gasteiger partial charge on any atom is -0.444 e. The minimum absolute atomic E-state index is 0.0305. The molecule has 2 N–H and O–H groups in total. The number of amides is 3. The second kappa shape index (κ2) is 12.2. The Morgan fingerprint density at radius 3 is 1.97 bits per heavy atom. The number of alkyl carbamates (subject to hydrolysis) is 1. The van der Waals surface area contributed by atoms with Gasteiger partial charge in [-0.3, -0.25) is 9.59 Å². The molecule has 2 rings (SSSR count). The van der Waals surface area contributed by atoms with Gasteiger partial charge in [0.1, 0.15) is 17.7 Å². The molecule has 8 heteroatoms. The van der Waals surface area contributed by atoms with Crippen LogP contribution in [0.25, 0.3) is 0 Å². The second-order valence-corrected chi connectivity index (χ2v) is 12.1. The summed E-state index contributed by atoms with van der Waals surface area (Å²) < 4.78 is 5.38. The fourth-order valence-corrected chi connectivity index (χ4v) is 4.63. The van der Waals surface area contributed by atoms with E-state index in [1.807, 2.05) is 84.9 Å². The van der Waals surface area contributed by atoms with Gasteiger partial charge < -0.3 is 20.3 Å². The predicted octanol–water partition coefficient (Wildman–Crippen LogP) is 6.05. The highest BCUT2D eigenvalue weighted by Crippen LogP contribution is 2.34. The van der Waals surface area contributed by atoms with Crippen LogP contribution in [-0.4, -0.2) is 45.7 Å². The lowest BCUT2D eigenvalue weighted by atomic mass is 9.92. The Kier molecular flexibility index (Phi) is 10.1. The molecule has 0 spiro atoms. The smallest absolute Gasteiger partial charge is 0.408 e. The molecule has 7 nitrogen and oxygen atoms in total. The maximum Gasteiger partial charge on any atom is 0.408 e. The highest BCUT2D eigenvalue weighted by atomic mass is 32.1. The van der Waals surface area contributed by atoms with Crippen molar-refractivity contribution in [2.24, 2.45) is 0 Å². The molecule has 0 saturated carbocycles. The summed E-state index contributed by atoms with van der Waals surface area (Å²) in [5, 5.41) is 5.74. The zero-order valence-corrected chi connectivity index (χ0v) is 25.2. The number of nitrogens with one attached hydrogen (secondary N) is 2. The molecular formula is C30H43N3O4S. The van der Waals surface area contributed by atoms with E-state index in [0.29, 0.717) is 11.3 Å². The van der Waals surface area contributed by atoms with Gasteiger partial charge in [-0.15, -0.1) is 0 Å². The number of hydrogen-bond acceptors (Lipinski definition) is 5. The van der Waals surface area contributed by atoms with Crippen LogP contribution in [0.3, 0.4) is 0 Å². The van der Waals surface area contributed by atoms with Crippen molar-refractivity contribution in [1.82, 2.24) is 10.2 Å². The number of anilines is 1. The lowest BCUT2D eigenvalue weighted by Gasteiger charge is -2.43. The highest BCUT2D eigenvalue weighted by molar-refractivity contribution is 7.80. The second-order valence-electron chi connectivity index (χ2n) is 11.8. The number of nitrogens with zero attached hydrogens (tertiary/aromatic N) is 1. The summed E-state index contributed by atoms with van der Waals surface area (Å²) in [5.41, 5.74) is 3.69.